The maximum absolute atomic E-state index is 11.4. The SMILES string of the molecule is CC(=O)c1ccc(NC(=O)NC/C=C/CCl)cc1. The van der Waals surface area contributed by atoms with Gasteiger partial charge in [-0.1, -0.05) is 12.2 Å². The van der Waals surface area contributed by atoms with Crippen molar-refractivity contribution in [2.75, 3.05) is 17.7 Å². The van der Waals surface area contributed by atoms with E-state index in [-0.39, 0.29) is 11.8 Å². The Labute approximate surface area is 111 Å². The number of amides is 2. The number of ketones is 1. The molecule has 0 fully saturated rings. The number of hydrogen-bond acceptors (Lipinski definition) is 2. The molecule has 1 rings (SSSR count). The zero-order valence-electron chi connectivity index (χ0n) is 10.1. The Balaban J connectivity index is 2.44. The van der Waals surface area contributed by atoms with Crippen LogP contribution in [0.15, 0.2) is 36.4 Å². The number of alkyl halides is 1. The van der Waals surface area contributed by atoms with E-state index in [1.807, 2.05) is 0 Å². The second-order valence-electron chi connectivity index (χ2n) is 3.59. The van der Waals surface area contributed by atoms with Crippen LogP contribution in [0, 0.1) is 0 Å². The van der Waals surface area contributed by atoms with E-state index >= 15 is 0 Å². The van der Waals surface area contributed by atoms with Crippen molar-refractivity contribution >= 4 is 29.1 Å². The van der Waals surface area contributed by atoms with E-state index in [0.29, 0.717) is 23.7 Å². The third-order valence-corrected chi connectivity index (χ3v) is 2.36. The molecular weight excluding hydrogens is 252 g/mol. The summed E-state index contributed by atoms with van der Waals surface area (Å²) >= 11 is 5.44. The lowest BCUT2D eigenvalue weighted by molar-refractivity contribution is 0.101. The van der Waals surface area contributed by atoms with Gasteiger partial charge in [0.2, 0.25) is 0 Å². The number of urea groups is 1. The molecule has 5 heteroatoms. The summed E-state index contributed by atoms with van der Waals surface area (Å²) < 4.78 is 0. The molecule has 0 bridgehead atoms. The molecular formula is C13H15ClN2O2. The molecule has 0 heterocycles. The number of carbonyl (C=O) groups is 2. The predicted octanol–water partition coefficient (Wildman–Crippen LogP) is 2.81. The van der Waals surface area contributed by atoms with Gasteiger partial charge in [-0.25, -0.2) is 4.79 Å². The molecule has 1 aromatic carbocycles. The number of carbonyl (C=O) groups excluding carboxylic acids is 2. The number of hydrogen-bond donors (Lipinski definition) is 2. The van der Waals surface area contributed by atoms with Crippen molar-refractivity contribution in [2.45, 2.75) is 6.92 Å². The molecule has 0 unspecified atom stereocenters. The molecule has 1 aromatic rings. The number of rotatable bonds is 5. The summed E-state index contributed by atoms with van der Waals surface area (Å²) in [6.07, 6.45) is 3.52. The van der Waals surface area contributed by atoms with Gasteiger partial charge in [0, 0.05) is 23.7 Å². The highest BCUT2D eigenvalue weighted by Gasteiger charge is 2.01. The highest BCUT2D eigenvalue weighted by Crippen LogP contribution is 2.09. The second kappa shape index (κ2) is 7.50. The quantitative estimate of drug-likeness (QED) is 0.489. The van der Waals surface area contributed by atoms with Gasteiger partial charge in [0.1, 0.15) is 0 Å². The van der Waals surface area contributed by atoms with E-state index in [2.05, 4.69) is 10.6 Å². The number of benzene rings is 1. The lowest BCUT2D eigenvalue weighted by Gasteiger charge is -2.06. The summed E-state index contributed by atoms with van der Waals surface area (Å²) in [5.74, 6) is 0.424. The number of anilines is 1. The molecule has 96 valence electrons. The van der Waals surface area contributed by atoms with Crippen molar-refractivity contribution in [1.82, 2.24) is 5.32 Å². The second-order valence-corrected chi connectivity index (χ2v) is 3.90. The van der Waals surface area contributed by atoms with Crippen molar-refractivity contribution < 1.29 is 9.59 Å². The molecule has 0 saturated heterocycles. The van der Waals surface area contributed by atoms with Crippen molar-refractivity contribution in [2.24, 2.45) is 0 Å². The van der Waals surface area contributed by atoms with Gasteiger partial charge in [0.05, 0.1) is 0 Å². The Morgan fingerprint density at radius 3 is 2.44 bits per heavy atom. The molecule has 4 nitrogen and oxygen atoms in total. The summed E-state index contributed by atoms with van der Waals surface area (Å²) in [5, 5.41) is 5.30. The van der Waals surface area contributed by atoms with Gasteiger partial charge in [-0.05, 0) is 31.2 Å². The molecule has 0 saturated carbocycles. The van der Waals surface area contributed by atoms with Crippen molar-refractivity contribution in [3.8, 4) is 0 Å². The third kappa shape index (κ3) is 5.01. The van der Waals surface area contributed by atoms with Gasteiger partial charge < -0.3 is 10.6 Å². The lowest BCUT2D eigenvalue weighted by Crippen LogP contribution is -2.28. The molecule has 0 radical (unpaired) electrons. The minimum atomic E-state index is -0.301. The Morgan fingerprint density at radius 2 is 1.89 bits per heavy atom. The van der Waals surface area contributed by atoms with Crippen LogP contribution in [0.4, 0.5) is 10.5 Å². The lowest BCUT2D eigenvalue weighted by atomic mass is 10.1. The summed E-state index contributed by atoms with van der Waals surface area (Å²) in [4.78, 5) is 22.5. The van der Waals surface area contributed by atoms with Crippen LogP contribution in [0.1, 0.15) is 17.3 Å². The predicted molar refractivity (Wildman–Crippen MR) is 73.3 cm³/mol. The molecule has 0 aromatic heterocycles. The summed E-state index contributed by atoms with van der Waals surface area (Å²) in [7, 11) is 0. The first kappa shape index (κ1) is 14.3. The Kier molecular flexibility index (Phi) is 5.94. The van der Waals surface area contributed by atoms with Gasteiger partial charge in [-0.2, -0.15) is 0 Å². The van der Waals surface area contributed by atoms with Crippen LogP contribution in [0.25, 0.3) is 0 Å². The number of nitrogens with one attached hydrogen (secondary N) is 2. The molecule has 0 atom stereocenters. The van der Waals surface area contributed by atoms with E-state index in [4.69, 9.17) is 11.6 Å². The maximum Gasteiger partial charge on any atom is 0.319 e. The Morgan fingerprint density at radius 1 is 1.22 bits per heavy atom. The highest BCUT2D eigenvalue weighted by molar-refractivity contribution is 6.18. The van der Waals surface area contributed by atoms with Crippen LogP contribution < -0.4 is 10.6 Å². The topological polar surface area (TPSA) is 58.2 Å². The molecule has 2 amide bonds. The van der Waals surface area contributed by atoms with Crippen LogP contribution in [-0.2, 0) is 0 Å². The van der Waals surface area contributed by atoms with Crippen LogP contribution >= 0.6 is 11.6 Å². The van der Waals surface area contributed by atoms with E-state index in [9.17, 15) is 9.59 Å². The van der Waals surface area contributed by atoms with Crippen LogP contribution in [0.3, 0.4) is 0 Å². The van der Waals surface area contributed by atoms with E-state index < -0.39 is 0 Å². The monoisotopic (exact) mass is 266 g/mol. The van der Waals surface area contributed by atoms with Crippen molar-refractivity contribution in [1.29, 1.82) is 0 Å². The zero-order valence-corrected chi connectivity index (χ0v) is 10.8. The fourth-order valence-electron chi connectivity index (χ4n) is 1.26. The van der Waals surface area contributed by atoms with Gasteiger partial charge in [-0.3, -0.25) is 4.79 Å². The fraction of sp³-hybridized carbons (Fsp3) is 0.231. The highest BCUT2D eigenvalue weighted by atomic mass is 35.5. The van der Waals surface area contributed by atoms with Crippen LogP contribution in [0.5, 0.6) is 0 Å². The standard InChI is InChI=1S/C13H15ClN2O2/c1-10(17)11-4-6-12(7-5-11)16-13(18)15-9-3-2-8-14/h2-7H,8-9H2,1H3,(H2,15,16,18)/b3-2+. The minimum Gasteiger partial charge on any atom is -0.334 e. The molecule has 0 aliphatic heterocycles. The first-order chi connectivity index (χ1) is 8.63. The van der Waals surface area contributed by atoms with Gasteiger partial charge in [0.15, 0.2) is 5.78 Å². The van der Waals surface area contributed by atoms with Crippen molar-refractivity contribution in [3.05, 3.63) is 42.0 Å². The number of allylic oxidation sites excluding steroid dienone is 1. The minimum absolute atomic E-state index is 0.00258. The largest absolute Gasteiger partial charge is 0.334 e. The maximum atomic E-state index is 11.4. The van der Waals surface area contributed by atoms with Gasteiger partial charge >= 0.3 is 6.03 Å². The van der Waals surface area contributed by atoms with Gasteiger partial charge in [0.25, 0.3) is 0 Å². The van der Waals surface area contributed by atoms with Gasteiger partial charge in [-0.15, -0.1) is 11.6 Å². The van der Waals surface area contributed by atoms with Crippen LogP contribution in [0.2, 0.25) is 0 Å². The molecule has 0 aliphatic rings. The van der Waals surface area contributed by atoms with Crippen molar-refractivity contribution in [3.63, 3.8) is 0 Å². The fourth-order valence-corrected chi connectivity index (χ4v) is 1.39. The smallest absolute Gasteiger partial charge is 0.319 e. The molecule has 0 aliphatic carbocycles. The summed E-state index contributed by atoms with van der Waals surface area (Å²) in [6, 6.07) is 6.41. The molecule has 2 N–H and O–H groups in total. The normalized spacial score (nSPS) is 10.3. The summed E-state index contributed by atoms with van der Waals surface area (Å²) in [6.45, 7) is 1.92. The number of Topliss-reactive ketones (excluding diaryl/α,β-unsaturated/α-hetero) is 1. The average Bonchev–Trinajstić information content (AvgIpc) is 2.35. The molecule has 18 heavy (non-hydrogen) atoms. The van der Waals surface area contributed by atoms with E-state index in [1.54, 1.807) is 36.4 Å². The van der Waals surface area contributed by atoms with Crippen LogP contribution in [-0.4, -0.2) is 24.2 Å². The first-order valence-electron chi connectivity index (χ1n) is 5.50. The van der Waals surface area contributed by atoms with E-state index in [1.165, 1.54) is 6.92 Å². The molecule has 0 spiro atoms. The third-order valence-electron chi connectivity index (χ3n) is 2.19. The van der Waals surface area contributed by atoms with E-state index in [0.717, 1.165) is 0 Å². The zero-order chi connectivity index (χ0) is 13.4. The Hall–Kier alpha value is -1.81. The summed E-state index contributed by atoms with van der Waals surface area (Å²) in [5.41, 5.74) is 1.25. The Bertz CT molecular complexity index is 441. The number of halogens is 1. The first-order valence-corrected chi connectivity index (χ1v) is 6.03. The average molecular weight is 267 g/mol.